The Hall–Kier alpha value is -1.89. The van der Waals surface area contributed by atoms with Gasteiger partial charge in [0.05, 0.1) is 5.69 Å². The van der Waals surface area contributed by atoms with Crippen LogP contribution in [-0.2, 0) is 17.8 Å². The molecule has 2 aliphatic rings. The average Bonchev–Trinajstić information content (AvgIpc) is 2.90. The predicted octanol–water partition coefficient (Wildman–Crippen LogP) is 2.16. The first kappa shape index (κ1) is 17.0. The number of likely N-dealkylation sites (tertiary alicyclic amines) is 1. The molecular weight excluding hydrogens is 306 g/mol. The summed E-state index contributed by atoms with van der Waals surface area (Å²) in [4.78, 5) is 24.9. The minimum Gasteiger partial charge on any atom is -0.444 e. The number of hydrogen-bond donors (Lipinski definition) is 1. The second-order valence-corrected chi connectivity index (χ2v) is 8.02. The molecule has 2 N–H and O–H groups in total. The third kappa shape index (κ3) is 3.45. The Morgan fingerprint density at radius 3 is 2.58 bits per heavy atom. The number of aromatic nitrogens is 2. The number of nitrogens with zero attached hydrogens (tertiary/aromatic N) is 4. The van der Waals surface area contributed by atoms with Crippen LogP contribution in [0.1, 0.15) is 51.8 Å². The summed E-state index contributed by atoms with van der Waals surface area (Å²) in [7, 11) is 0. The first-order chi connectivity index (χ1) is 11.2. The number of ether oxygens (including phenoxy) is 1. The number of nitrogen functional groups attached to an aromatic ring is 1. The number of piperidine rings is 1. The van der Waals surface area contributed by atoms with Gasteiger partial charge < -0.3 is 15.4 Å². The summed E-state index contributed by atoms with van der Waals surface area (Å²) >= 11 is 0. The summed E-state index contributed by atoms with van der Waals surface area (Å²) in [6.45, 7) is 11.0. The maximum absolute atomic E-state index is 12.2. The van der Waals surface area contributed by atoms with Gasteiger partial charge in [-0.25, -0.2) is 14.8 Å². The van der Waals surface area contributed by atoms with Crippen LogP contribution >= 0.6 is 0 Å². The summed E-state index contributed by atoms with van der Waals surface area (Å²) in [6, 6.07) is 0. The molecule has 1 amide bonds. The lowest BCUT2D eigenvalue weighted by Crippen LogP contribution is -2.53. The second kappa shape index (κ2) is 5.88. The van der Waals surface area contributed by atoms with Crippen molar-refractivity contribution in [2.45, 2.75) is 64.8 Å². The van der Waals surface area contributed by atoms with Gasteiger partial charge in [0.15, 0.2) is 0 Å². The smallest absolute Gasteiger partial charge is 0.410 e. The van der Waals surface area contributed by atoms with Crippen LogP contribution in [0.5, 0.6) is 0 Å². The molecule has 0 aromatic carbocycles. The Morgan fingerprint density at radius 2 is 1.96 bits per heavy atom. The Balaban J connectivity index is 1.61. The standard InChI is InChI=1S/C17H27N5O2/c1-16(2,3)24-15(23)21-7-5-17(4,6-8-21)22-10-12-9-19-14(18)20-13(12)11-22/h9H,5-8,10-11H2,1-4H3,(H2,18,19,20). The molecule has 1 aromatic rings. The van der Waals surface area contributed by atoms with Gasteiger partial charge in [-0.3, -0.25) is 4.90 Å². The van der Waals surface area contributed by atoms with Crippen molar-refractivity contribution in [2.75, 3.05) is 18.8 Å². The highest BCUT2D eigenvalue weighted by molar-refractivity contribution is 5.68. The Bertz CT molecular complexity index is 632. The molecule has 0 spiro atoms. The van der Waals surface area contributed by atoms with Crippen LogP contribution in [0.15, 0.2) is 6.20 Å². The molecule has 0 radical (unpaired) electrons. The minimum atomic E-state index is -0.451. The van der Waals surface area contributed by atoms with Gasteiger partial charge in [0.1, 0.15) is 5.60 Å². The van der Waals surface area contributed by atoms with E-state index in [1.165, 1.54) is 0 Å². The molecule has 0 saturated carbocycles. The van der Waals surface area contributed by atoms with Crippen LogP contribution in [0.3, 0.4) is 0 Å². The van der Waals surface area contributed by atoms with Crippen molar-refractivity contribution in [3.05, 3.63) is 17.5 Å². The maximum atomic E-state index is 12.2. The van der Waals surface area contributed by atoms with Crippen molar-refractivity contribution in [3.8, 4) is 0 Å². The van der Waals surface area contributed by atoms with Gasteiger partial charge >= 0.3 is 6.09 Å². The highest BCUT2D eigenvalue weighted by Gasteiger charge is 2.40. The summed E-state index contributed by atoms with van der Waals surface area (Å²) in [6.07, 6.45) is 3.45. The van der Waals surface area contributed by atoms with Crippen LogP contribution in [-0.4, -0.2) is 50.1 Å². The lowest BCUT2D eigenvalue weighted by Gasteiger charge is -2.45. The van der Waals surface area contributed by atoms with E-state index in [2.05, 4.69) is 21.8 Å². The Kier molecular flexibility index (Phi) is 4.15. The van der Waals surface area contributed by atoms with E-state index in [9.17, 15) is 4.79 Å². The van der Waals surface area contributed by atoms with Crippen LogP contribution in [0.2, 0.25) is 0 Å². The number of anilines is 1. The zero-order chi connectivity index (χ0) is 17.5. The third-order valence-corrected chi connectivity index (χ3v) is 4.93. The summed E-state index contributed by atoms with van der Waals surface area (Å²) in [5.41, 5.74) is 7.47. The number of nitrogens with two attached hydrogens (primary N) is 1. The molecule has 132 valence electrons. The monoisotopic (exact) mass is 333 g/mol. The second-order valence-electron chi connectivity index (χ2n) is 8.02. The number of carbonyl (C=O) groups is 1. The topological polar surface area (TPSA) is 84.6 Å². The average molecular weight is 333 g/mol. The van der Waals surface area contributed by atoms with Gasteiger partial charge in [0, 0.05) is 43.5 Å². The lowest BCUT2D eigenvalue weighted by atomic mass is 9.88. The molecule has 0 unspecified atom stereocenters. The van der Waals surface area contributed by atoms with Crippen molar-refractivity contribution in [3.63, 3.8) is 0 Å². The molecule has 1 aromatic heterocycles. The van der Waals surface area contributed by atoms with Crippen molar-refractivity contribution in [1.82, 2.24) is 19.8 Å². The fraction of sp³-hybridized carbons (Fsp3) is 0.706. The number of rotatable bonds is 1. The Morgan fingerprint density at radius 1 is 1.29 bits per heavy atom. The van der Waals surface area contributed by atoms with Crippen LogP contribution in [0.25, 0.3) is 0 Å². The van der Waals surface area contributed by atoms with Crippen molar-refractivity contribution >= 4 is 12.0 Å². The van der Waals surface area contributed by atoms with Gasteiger partial charge in [-0.1, -0.05) is 0 Å². The van der Waals surface area contributed by atoms with E-state index >= 15 is 0 Å². The molecule has 7 heteroatoms. The van der Waals surface area contributed by atoms with Gasteiger partial charge in [-0.2, -0.15) is 0 Å². The molecule has 24 heavy (non-hydrogen) atoms. The zero-order valence-corrected chi connectivity index (χ0v) is 15.0. The van der Waals surface area contributed by atoms with Gasteiger partial charge in [0.2, 0.25) is 5.95 Å². The van der Waals surface area contributed by atoms with E-state index in [4.69, 9.17) is 10.5 Å². The number of amides is 1. The Labute approximate surface area is 143 Å². The van der Waals surface area contributed by atoms with E-state index in [0.717, 1.165) is 37.2 Å². The van der Waals surface area contributed by atoms with Gasteiger partial charge in [0.25, 0.3) is 0 Å². The molecule has 0 bridgehead atoms. The molecule has 3 heterocycles. The molecular formula is C17H27N5O2. The van der Waals surface area contributed by atoms with E-state index in [-0.39, 0.29) is 11.6 Å². The van der Waals surface area contributed by atoms with E-state index < -0.39 is 5.60 Å². The van der Waals surface area contributed by atoms with E-state index in [0.29, 0.717) is 19.0 Å². The number of fused-ring (bicyclic) bond motifs is 1. The van der Waals surface area contributed by atoms with Crippen LogP contribution in [0, 0.1) is 0 Å². The molecule has 3 rings (SSSR count). The summed E-state index contributed by atoms with van der Waals surface area (Å²) < 4.78 is 5.48. The highest BCUT2D eigenvalue weighted by Crippen LogP contribution is 2.35. The zero-order valence-electron chi connectivity index (χ0n) is 15.0. The largest absolute Gasteiger partial charge is 0.444 e. The first-order valence-electron chi connectivity index (χ1n) is 8.50. The summed E-state index contributed by atoms with van der Waals surface area (Å²) in [5, 5.41) is 0. The van der Waals surface area contributed by atoms with Gasteiger partial charge in [-0.05, 0) is 40.5 Å². The van der Waals surface area contributed by atoms with E-state index in [1.54, 1.807) is 0 Å². The van der Waals surface area contributed by atoms with Crippen molar-refractivity contribution in [2.24, 2.45) is 0 Å². The van der Waals surface area contributed by atoms with Crippen LogP contribution in [0.4, 0.5) is 10.7 Å². The molecule has 2 aliphatic heterocycles. The number of carbonyl (C=O) groups excluding carboxylic acids is 1. The highest BCUT2D eigenvalue weighted by atomic mass is 16.6. The molecule has 1 fully saturated rings. The SMILES string of the molecule is CC(C)(C)OC(=O)N1CCC(C)(N2Cc3cnc(N)nc3C2)CC1. The first-order valence-corrected chi connectivity index (χ1v) is 8.50. The van der Waals surface area contributed by atoms with Crippen LogP contribution < -0.4 is 5.73 Å². The molecule has 1 saturated heterocycles. The van der Waals surface area contributed by atoms with E-state index in [1.807, 2.05) is 31.9 Å². The third-order valence-electron chi connectivity index (χ3n) is 4.93. The van der Waals surface area contributed by atoms with Crippen molar-refractivity contribution < 1.29 is 9.53 Å². The summed E-state index contributed by atoms with van der Waals surface area (Å²) in [5.74, 6) is 0.334. The predicted molar refractivity (Wildman–Crippen MR) is 91.1 cm³/mol. The molecule has 0 atom stereocenters. The molecule has 7 nitrogen and oxygen atoms in total. The van der Waals surface area contributed by atoms with Crippen molar-refractivity contribution in [1.29, 1.82) is 0 Å². The maximum Gasteiger partial charge on any atom is 0.410 e. The van der Waals surface area contributed by atoms with Gasteiger partial charge in [-0.15, -0.1) is 0 Å². The fourth-order valence-corrected chi connectivity index (χ4v) is 3.36. The quantitative estimate of drug-likeness (QED) is 0.848. The normalized spacial score (nSPS) is 20.8. The lowest BCUT2D eigenvalue weighted by molar-refractivity contribution is -0.00343. The molecule has 0 aliphatic carbocycles. The number of hydrogen-bond acceptors (Lipinski definition) is 6. The fourth-order valence-electron chi connectivity index (χ4n) is 3.36. The minimum absolute atomic E-state index is 0.0496.